The molecule has 0 aliphatic rings. The second kappa shape index (κ2) is 6.17. The lowest BCUT2D eigenvalue weighted by molar-refractivity contribution is 0.0693. The highest BCUT2D eigenvalue weighted by Gasteiger charge is 2.15. The topological polar surface area (TPSA) is 76.0 Å². The maximum Gasteiger partial charge on any atom is 0.336 e. The Morgan fingerprint density at radius 3 is 2.57 bits per heavy atom. The normalized spacial score (nSPS) is 10.2. The minimum Gasteiger partial charge on any atom is -0.508 e. The van der Waals surface area contributed by atoms with Gasteiger partial charge in [0, 0.05) is 5.56 Å². The van der Waals surface area contributed by atoms with Crippen LogP contribution in [0.5, 0.6) is 17.2 Å². The fraction of sp³-hybridized carbons (Fsp3) is 0.188. The molecule has 2 rings (SSSR count). The lowest BCUT2D eigenvalue weighted by Crippen LogP contribution is -2.08. The maximum atomic E-state index is 11.3. The van der Waals surface area contributed by atoms with E-state index in [1.165, 1.54) is 19.2 Å². The number of carboxylic acid groups (broad SMARTS) is 1. The molecule has 0 saturated heterocycles. The van der Waals surface area contributed by atoms with Gasteiger partial charge in [-0.1, -0.05) is 6.07 Å². The van der Waals surface area contributed by atoms with Crippen LogP contribution in [0, 0.1) is 6.92 Å². The molecule has 0 radical (unpaired) electrons. The minimum atomic E-state index is -1.03. The van der Waals surface area contributed by atoms with Gasteiger partial charge in [0.25, 0.3) is 0 Å². The molecule has 0 saturated carbocycles. The van der Waals surface area contributed by atoms with Crippen LogP contribution < -0.4 is 9.47 Å². The van der Waals surface area contributed by atoms with Crippen molar-refractivity contribution in [3.05, 3.63) is 53.1 Å². The number of phenols is 1. The third-order valence-corrected chi connectivity index (χ3v) is 3.11. The van der Waals surface area contributed by atoms with Crippen molar-refractivity contribution >= 4 is 5.97 Å². The van der Waals surface area contributed by atoms with Gasteiger partial charge in [0.05, 0.1) is 12.7 Å². The van der Waals surface area contributed by atoms with Gasteiger partial charge in [-0.3, -0.25) is 0 Å². The molecule has 110 valence electrons. The smallest absolute Gasteiger partial charge is 0.336 e. The first-order chi connectivity index (χ1) is 10.0. The van der Waals surface area contributed by atoms with Crippen LogP contribution in [-0.4, -0.2) is 23.3 Å². The van der Waals surface area contributed by atoms with Crippen LogP contribution in [0.25, 0.3) is 0 Å². The highest BCUT2D eigenvalue weighted by molar-refractivity contribution is 5.90. The predicted octanol–water partition coefficient (Wildman–Crippen LogP) is 2.99. The number of carbonyl (C=O) groups is 1. The van der Waals surface area contributed by atoms with Gasteiger partial charge in [-0.2, -0.15) is 0 Å². The standard InChI is InChI=1S/C16H16O5/c1-10-8-11(17)6-7-14(10)21-9-13-12(16(18)19)4-3-5-15(13)20-2/h3-8,17H,9H2,1-2H3,(H,18,19). The number of methoxy groups -OCH3 is 1. The minimum absolute atomic E-state index is 0.0667. The average Bonchev–Trinajstić information content (AvgIpc) is 2.45. The van der Waals surface area contributed by atoms with Crippen LogP contribution in [0.1, 0.15) is 21.5 Å². The van der Waals surface area contributed by atoms with Gasteiger partial charge in [-0.05, 0) is 42.8 Å². The molecule has 0 fully saturated rings. The van der Waals surface area contributed by atoms with Gasteiger partial charge >= 0.3 is 5.97 Å². The molecule has 0 bridgehead atoms. The molecule has 2 aromatic rings. The molecule has 0 spiro atoms. The molecule has 2 aromatic carbocycles. The number of rotatable bonds is 5. The van der Waals surface area contributed by atoms with Crippen LogP contribution >= 0.6 is 0 Å². The van der Waals surface area contributed by atoms with E-state index in [2.05, 4.69) is 0 Å². The maximum absolute atomic E-state index is 11.3. The molecule has 2 N–H and O–H groups in total. The van der Waals surface area contributed by atoms with E-state index >= 15 is 0 Å². The monoisotopic (exact) mass is 288 g/mol. The van der Waals surface area contributed by atoms with Gasteiger partial charge in [0.2, 0.25) is 0 Å². The van der Waals surface area contributed by atoms with Crippen LogP contribution in [0.2, 0.25) is 0 Å². The summed E-state index contributed by atoms with van der Waals surface area (Å²) in [5.41, 5.74) is 1.38. The zero-order valence-electron chi connectivity index (χ0n) is 11.8. The molecule has 0 aliphatic carbocycles. The van der Waals surface area contributed by atoms with Crippen molar-refractivity contribution in [1.29, 1.82) is 0 Å². The predicted molar refractivity (Wildman–Crippen MR) is 77.1 cm³/mol. The number of aromatic carboxylic acids is 1. The molecule has 0 aliphatic heterocycles. The molecule has 0 unspecified atom stereocenters. The highest BCUT2D eigenvalue weighted by atomic mass is 16.5. The van der Waals surface area contributed by atoms with E-state index in [4.69, 9.17) is 9.47 Å². The van der Waals surface area contributed by atoms with Crippen molar-refractivity contribution in [2.45, 2.75) is 13.5 Å². The summed E-state index contributed by atoms with van der Waals surface area (Å²) in [7, 11) is 1.48. The van der Waals surface area contributed by atoms with Crippen LogP contribution in [0.4, 0.5) is 0 Å². The third kappa shape index (κ3) is 3.25. The largest absolute Gasteiger partial charge is 0.508 e. The number of carboxylic acids is 1. The Hall–Kier alpha value is -2.69. The lowest BCUT2D eigenvalue weighted by Gasteiger charge is -2.14. The second-order valence-electron chi connectivity index (χ2n) is 4.53. The summed E-state index contributed by atoms with van der Waals surface area (Å²) < 4.78 is 10.8. The van der Waals surface area contributed by atoms with Crippen molar-refractivity contribution in [2.75, 3.05) is 7.11 Å². The van der Waals surface area contributed by atoms with Crippen molar-refractivity contribution in [1.82, 2.24) is 0 Å². The summed E-state index contributed by atoms with van der Waals surface area (Å²) in [6.45, 7) is 1.87. The number of benzene rings is 2. The third-order valence-electron chi connectivity index (χ3n) is 3.11. The Balaban J connectivity index is 2.28. The van der Waals surface area contributed by atoms with Crippen molar-refractivity contribution in [3.8, 4) is 17.2 Å². The van der Waals surface area contributed by atoms with E-state index in [0.717, 1.165) is 5.56 Å². The first-order valence-corrected chi connectivity index (χ1v) is 6.34. The summed E-state index contributed by atoms with van der Waals surface area (Å²) >= 11 is 0. The van der Waals surface area contributed by atoms with Crippen molar-refractivity contribution in [2.24, 2.45) is 0 Å². The molecule has 5 nitrogen and oxygen atoms in total. The highest BCUT2D eigenvalue weighted by Crippen LogP contribution is 2.27. The zero-order chi connectivity index (χ0) is 15.4. The molecule has 5 heteroatoms. The summed E-state index contributed by atoms with van der Waals surface area (Å²) in [5.74, 6) is 0.166. The number of ether oxygens (including phenoxy) is 2. The Bertz CT molecular complexity index is 664. The molecule has 0 atom stereocenters. The molecule has 0 heterocycles. The van der Waals surface area contributed by atoms with Gasteiger partial charge < -0.3 is 19.7 Å². The SMILES string of the molecule is COc1cccc(C(=O)O)c1COc1ccc(O)cc1C. The van der Waals surface area contributed by atoms with Crippen molar-refractivity contribution in [3.63, 3.8) is 0 Å². The Kier molecular flexibility index (Phi) is 4.33. The average molecular weight is 288 g/mol. The fourth-order valence-corrected chi connectivity index (χ4v) is 2.05. The summed E-state index contributed by atoms with van der Waals surface area (Å²) in [6, 6.07) is 9.55. The quantitative estimate of drug-likeness (QED) is 0.884. The van der Waals surface area contributed by atoms with Crippen LogP contribution in [0.3, 0.4) is 0 Å². The first kappa shape index (κ1) is 14.7. The van der Waals surface area contributed by atoms with Gasteiger partial charge in [-0.25, -0.2) is 4.79 Å². The summed E-state index contributed by atoms with van der Waals surface area (Å²) in [5, 5.41) is 18.6. The molecular weight excluding hydrogens is 272 g/mol. The molecule has 0 amide bonds. The number of hydrogen-bond acceptors (Lipinski definition) is 4. The van der Waals surface area contributed by atoms with Crippen LogP contribution in [0.15, 0.2) is 36.4 Å². The first-order valence-electron chi connectivity index (χ1n) is 6.34. The number of aryl methyl sites for hydroxylation is 1. The van der Waals surface area contributed by atoms with E-state index in [1.54, 1.807) is 31.2 Å². The van der Waals surface area contributed by atoms with Crippen molar-refractivity contribution < 1.29 is 24.5 Å². The summed E-state index contributed by atoms with van der Waals surface area (Å²) in [4.78, 5) is 11.3. The zero-order valence-corrected chi connectivity index (χ0v) is 11.8. The fourth-order valence-electron chi connectivity index (χ4n) is 2.05. The number of hydrogen-bond donors (Lipinski definition) is 2. The number of aromatic hydroxyl groups is 1. The van der Waals surface area contributed by atoms with Gasteiger partial charge in [0.1, 0.15) is 23.9 Å². The number of phenolic OH excluding ortho intramolecular Hbond substituents is 1. The van der Waals surface area contributed by atoms with Crippen LogP contribution in [-0.2, 0) is 6.61 Å². The Morgan fingerprint density at radius 1 is 1.19 bits per heavy atom. The lowest BCUT2D eigenvalue weighted by atomic mass is 10.1. The summed E-state index contributed by atoms with van der Waals surface area (Å²) in [6.07, 6.45) is 0. The second-order valence-corrected chi connectivity index (χ2v) is 4.53. The van der Waals surface area contributed by atoms with E-state index < -0.39 is 5.97 Å². The van der Waals surface area contributed by atoms with E-state index in [-0.39, 0.29) is 17.9 Å². The van der Waals surface area contributed by atoms with E-state index in [1.807, 2.05) is 0 Å². The molecule has 21 heavy (non-hydrogen) atoms. The van der Waals surface area contributed by atoms with Gasteiger partial charge in [0.15, 0.2) is 0 Å². The Labute approximate surface area is 122 Å². The molecule has 0 aromatic heterocycles. The van der Waals surface area contributed by atoms with E-state index in [0.29, 0.717) is 17.1 Å². The van der Waals surface area contributed by atoms with E-state index in [9.17, 15) is 15.0 Å². The Morgan fingerprint density at radius 2 is 1.95 bits per heavy atom. The molecular formula is C16H16O5. The van der Waals surface area contributed by atoms with Gasteiger partial charge in [-0.15, -0.1) is 0 Å².